The predicted octanol–water partition coefficient (Wildman–Crippen LogP) is 2.57. The molecular weight excluding hydrogens is 343 g/mol. The molecule has 0 aliphatic carbocycles. The first-order chi connectivity index (χ1) is 11.1. The second-order valence-electron chi connectivity index (χ2n) is 5.38. The van der Waals surface area contributed by atoms with E-state index >= 15 is 0 Å². The molecule has 0 saturated carbocycles. The van der Waals surface area contributed by atoms with Crippen molar-refractivity contribution in [3.05, 3.63) is 34.7 Å². The summed E-state index contributed by atoms with van der Waals surface area (Å²) in [7, 11) is 0. The number of benzene rings is 1. The van der Waals surface area contributed by atoms with Crippen LogP contribution in [0.2, 0.25) is 5.02 Å². The summed E-state index contributed by atoms with van der Waals surface area (Å²) in [6, 6.07) is 2.36. The van der Waals surface area contributed by atoms with Crippen LogP contribution < -0.4 is 10.6 Å². The van der Waals surface area contributed by atoms with Crippen molar-refractivity contribution in [2.75, 3.05) is 10.6 Å². The second kappa shape index (κ2) is 6.48. The summed E-state index contributed by atoms with van der Waals surface area (Å²) < 4.78 is 23.8. The standard InChI is InChI=1S/C15H14ClFN2O5/c1-7(20)19-12-10(16)4-8(5-11(12)17)18-6-9-13(21)23-15(2,3)24-14(9)22/h4-6,18H,1-3H3,(H,19,20). The summed E-state index contributed by atoms with van der Waals surface area (Å²) in [5.41, 5.74) is -0.387. The van der Waals surface area contributed by atoms with Crippen molar-refractivity contribution in [3.63, 3.8) is 0 Å². The Morgan fingerprint density at radius 1 is 1.25 bits per heavy atom. The van der Waals surface area contributed by atoms with E-state index in [1.807, 2.05) is 0 Å². The Labute approximate surface area is 141 Å². The fourth-order valence-electron chi connectivity index (χ4n) is 1.89. The Hall–Kier alpha value is -2.61. The molecule has 24 heavy (non-hydrogen) atoms. The van der Waals surface area contributed by atoms with Crippen LogP contribution in [0, 0.1) is 5.82 Å². The van der Waals surface area contributed by atoms with Gasteiger partial charge in [-0.1, -0.05) is 11.6 Å². The molecule has 1 amide bonds. The molecule has 0 atom stereocenters. The number of ether oxygens (including phenoxy) is 2. The molecule has 1 fully saturated rings. The first-order valence-corrected chi connectivity index (χ1v) is 7.17. The Balaban J connectivity index is 2.21. The molecule has 1 heterocycles. The molecule has 1 aliphatic rings. The van der Waals surface area contributed by atoms with Gasteiger partial charge < -0.3 is 20.1 Å². The van der Waals surface area contributed by atoms with E-state index in [0.29, 0.717) is 0 Å². The van der Waals surface area contributed by atoms with Gasteiger partial charge in [0.2, 0.25) is 5.91 Å². The third-order valence-electron chi connectivity index (χ3n) is 2.84. The molecule has 128 valence electrons. The van der Waals surface area contributed by atoms with Crippen molar-refractivity contribution >= 4 is 40.8 Å². The molecule has 9 heteroatoms. The van der Waals surface area contributed by atoms with Crippen LogP contribution in [0.1, 0.15) is 20.8 Å². The maximum atomic E-state index is 13.9. The number of esters is 2. The number of nitrogens with one attached hydrogen (secondary N) is 2. The Kier molecular flexibility index (Phi) is 4.79. The van der Waals surface area contributed by atoms with Gasteiger partial charge in [-0.3, -0.25) is 4.79 Å². The molecular formula is C15H14ClFN2O5. The summed E-state index contributed by atoms with van der Waals surface area (Å²) in [6.07, 6.45) is 1.03. The van der Waals surface area contributed by atoms with Crippen molar-refractivity contribution in [1.82, 2.24) is 0 Å². The highest BCUT2D eigenvalue weighted by Gasteiger charge is 2.38. The molecule has 7 nitrogen and oxygen atoms in total. The molecule has 1 aliphatic heterocycles. The van der Waals surface area contributed by atoms with Crippen LogP contribution in [0.25, 0.3) is 0 Å². The van der Waals surface area contributed by atoms with Crippen molar-refractivity contribution in [3.8, 4) is 0 Å². The van der Waals surface area contributed by atoms with Crippen LogP contribution >= 0.6 is 11.6 Å². The van der Waals surface area contributed by atoms with Gasteiger partial charge in [-0.05, 0) is 12.1 Å². The fraction of sp³-hybridized carbons (Fsp3) is 0.267. The van der Waals surface area contributed by atoms with Crippen LogP contribution in [0.5, 0.6) is 0 Å². The number of carbonyl (C=O) groups excluding carboxylic acids is 3. The number of anilines is 2. The first kappa shape index (κ1) is 17.7. The largest absolute Gasteiger partial charge is 0.419 e. The van der Waals surface area contributed by atoms with E-state index in [4.69, 9.17) is 21.1 Å². The first-order valence-electron chi connectivity index (χ1n) is 6.79. The van der Waals surface area contributed by atoms with E-state index in [2.05, 4.69) is 10.6 Å². The number of hydrogen-bond donors (Lipinski definition) is 2. The van der Waals surface area contributed by atoms with Gasteiger partial charge >= 0.3 is 11.9 Å². The van der Waals surface area contributed by atoms with Crippen molar-refractivity contribution in [2.45, 2.75) is 26.6 Å². The lowest BCUT2D eigenvalue weighted by Crippen LogP contribution is -2.42. The van der Waals surface area contributed by atoms with E-state index < -0.39 is 29.5 Å². The van der Waals surface area contributed by atoms with Gasteiger partial charge in [0.15, 0.2) is 5.57 Å². The van der Waals surface area contributed by atoms with Gasteiger partial charge in [0.05, 0.1) is 10.7 Å². The Bertz CT molecular complexity index is 715. The van der Waals surface area contributed by atoms with Crippen molar-refractivity contribution < 1.29 is 28.2 Å². The third-order valence-corrected chi connectivity index (χ3v) is 3.14. The highest BCUT2D eigenvalue weighted by atomic mass is 35.5. The average Bonchev–Trinajstić information content (AvgIpc) is 2.40. The van der Waals surface area contributed by atoms with Gasteiger partial charge in [0.1, 0.15) is 5.82 Å². The molecule has 0 bridgehead atoms. The molecule has 1 aromatic carbocycles. The third kappa shape index (κ3) is 4.02. The molecule has 2 rings (SSSR count). The monoisotopic (exact) mass is 356 g/mol. The minimum absolute atomic E-state index is 0.0546. The zero-order chi connectivity index (χ0) is 18.1. The highest BCUT2D eigenvalue weighted by molar-refractivity contribution is 6.34. The minimum atomic E-state index is -1.35. The molecule has 0 spiro atoms. The maximum Gasteiger partial charge on any atom is 0.350 e. The van der Waals surface area contributed by atoms with Crippen molar-refractivity contribution in [2.24, 2.45) is 0 Å². The summed E-state index contributed by atoms with van der Waals surface area (Å²) in [4.78, 5) is 34.5. The topological polar surface area (TPSA) is 93.7 Å². The summed E-state index contributed by atoms with van der Waals surface area (Å²) in [6.45, 7) is 4.06. The number of rotatable bonds is 3. The lowest BCUT2D eigenvalue weighted by molar-refractivity contribution is -0.222. The fourth-order valence-corrected chi connectivity index (χ4v) is 2.14. The van der Waals surface area contributed by atoms with Crippen molar-refractivity contribution in [1.29, 1.82) is 0 Å². The van der Waals surface area contributed by atoms with E-state index in [-0.39, 0.29) is 22.0 Å². The number of hydrogen-bond acceptors (Lipinski definition) is 6. The molecule has 1 aromatic rings. The maximum absolute atomic E-state index is 13.9. The normalized spacial score (nSPS) is 16.1. The molecule has 0 radical (unpaired) electrons. The Morgan fingerprint density at radius 2 is 1.83 bits per heavy atom. The number of amides is 1. The van der Waals surface area contributed by atoms with Gasteiger partial charge in [-0.25, -0.2) is 14.0 Å². The Morgan fingerprint density at radius 3 is 2.33 bits per heavy atom. The van der Waals surface area contributed by atoms with E-state index in [0.717, 1.165) is 12.3 Å². The zero-order valence-electron chi connectivity index (χ0n) is 13.0. The van der Waals surface area contributed by atoms with Crippen LogP contribution in [0.3, 0.4) is 0 Å². The van der Waals surface area contributed by atoms with Gasteiger partial charge in [-0.15, -0.1) is 0 Å². The highest BCUT2D eigenvalue weighted by Crippen LogP contribution is 2.29. The SMILES string of the molecule is CC(=O)Nc1c(F)cc(NC=C2C(=O)OC(C)(C)OC2=O)cc1Cl. The summed E-state index contributed by atoms with van der Waals surface area (Å²) >= 11 is 5.90. The van der Waals surface area contributed by atoms with Crippen LogP contribution in [-0.4, -0.2) is 23.6 Å². The molecule has 1 saturated heterocycles. The molecule has 0 aromatic heterocycles. The minimum Gasteiger partial charge on any atom is -0.419 e. The van der Waals surface area contributed by atoms with Gasteiger partial charge in [0.25, 0.3) is 5.79 Å². The average molecular weight is 357 g/mol. The lowest BCUT2D eigenvalue weighted by Gasteiger charge is -2.29. The molecule has 2 N–H and O–H groups in total. The van der Waals surface area contributed by atoms with E-state index in [1.165, 1.54) is 26.8 Å². The van der Waals surface area contributed by atoms with E-state index in [9.17, 15) is 18.8 Å². The van der Waals surface area contributed by atoms with E-state index in [1.54, 1.807) is 0 Å². The smallest absolute Gasteiger partial charge is 0.350 e. The molecule has 0 unspecified atom stereocenters. The zero-order valence-corrected chi connectivity index (χ0v) is 13.8. The number of halogens is 2. The van der Waals surface area contributed by atoms with Crippen LogP contribution in [0.4, 0.5) is 15.8 Å². The van der Waals surface area contributed by atoms with Gasteiger partial charge in [-0.2, -0.15) is 0 Å². The van der Waals surface area contributed by atoms with Gasteiger partial charge in [0, 0.05) is 32.7 Å². The van der Waals surface area contributed by atoms with Crippen LogP contribution in [-0.2, 0) is 23.9 Å². The predicted molar refractivity (Wildman–Crippen MR) is 83.7 cm³/mol. The van der Waals surface area contributed by atoms with Crippen LogP contribution in [0.15, 0.2) is 23.9 Å². The lowest BCUT2D eigenvalue weighted by atomic mass is 10.2. The number of cyclic esters (lactones) is 2. The summed E-state index contributed by atoms with van der Waals surface area (Å²) in [5.74, 6) is -4.35. The number of carbonyl (C=O) groups is 3. The summed E-state index contributed by atoms with van der Waals surface area (Å²) in [5, 5.41) is 4.77. The second-order valence-corrected chi connectivity index (χ2v) is 5.78. The quantitative estimate of drug-likeness (QED) is 0.491.